The quantitative estimate of drug-likeness (QED) is 0.790. The van der Waals surface area contributed by atoms with Crippen molar-refractivity contribution in [3.8, 4) is 0 Å². The largest absolute Gasteiger partial charge is 0.453 e. The van der Waals surface area contributed by atoms with E-state index < -0.39 is 17.7 Å². The molecule has 0 fully saturated rings. The van der Waals surface area contributed by atoms with Gasteiger partial charge in [0.05, 0.1) is 6.04 Å². The smallest absolute Gasteiger partial charge is 0.410 e. The molecular weight excluding hydrogens is 294 g/mol. The Bertz CT molecular complexity index is 678. The minimum Gasteiger partial charge on any atom is -0.453 e. The fourth-order valence-electron chi connectivity index (χ4n) is 2.33. The number of rotatable bonds is 4. The molecular formula is C18H23NO4. The van der Waals surface area contributed by atoms with E-state index in [9.17, 15) is 9.59 Å². The number of Topliss-reactive ketones (excluding diaryl/α,β-unsaturated/α-hetero) is 1. The van der Waals surface area contributed by atoms with E-state index in [0.717, 1.165) is 5.39 Å². The summed E-state index contributed by atoms with van der Waals surface area (Å²) in [5.74, 6) is 0.00891. The average molecular weight is 317 g/mol. The van der Waals surface area contributed by atoms with Crippen LogP contribution in [-0.2, 0) is 4.74 Å². The number of carbonyl (C=O) groups is 2. The number of furan rings is 1. The molecule has 23 heavy (non-hydrogen) atoms. The second kappa shape index (κ2) is 6.44. The molecule has 1 aromatic carbocycles. The number of fused-ring (bicyclic) bond motifs is 1. The van der Waals surface area contributed by atoms with Crippen LogP contribution < -0.4 is 0 Å². The summed E-state index contributed by atoms with van der Waals surface area (Å²) in [7, 11) is 0. The maximum absolute atomic E-state index is 12.6. The third kappa shape index (κ3) is 3.92. The second-order valence-electron chi connectivity index (χ2n) is 6.46. The number of hydrogen-bond donors (Lipinski definition) is 0. The van der Waals surface area contributed by atoms with E-state index in [0.29, 0.717) is 12.1 Å². The number of amides is 1. The van der Waals surface area contributed by atoms with Gasteiger partial charge in [-0.05, 0) is 46.8 Å². The van der Waals surface area contributed by atoms with Crippen molar-refractivity contribution >= 4 is 22.8 Å². The summed E-state index contributed by atoms with van der Waals surface area (Å²) in [6.07, 6.45) is -0.503. The highest BCUT2D eigenvalue weighted by atomic mass is 16.6. The molecule has 2 aromatic rings. The van der Waals surface area contributed by atoms with Gasteiger partial charge in [-0.2, -0.15) is 0 Å². The number of ether oxygens (including phenoxy) is 1. The minimum absolute atomic E-state index is 0.242. The van der Waals surface area contributed by atoms with Crippen LogP contribution in [0.3, 0.4) is 0 Å². The van der Waals surface area contributed by atoms with Crippen LogP contribution in [0.1, 0.15) is 45.2 Å². The van der Waals surface area contributed by atoms with Crippen molar-refractivity contribution in [2.24, 2.45) is 0 Å². The van der Waals surface area contributed by atoms with Crippen LogP contribution in [0.2, 0.25) is 0 Å². The van der Waals surface area contributed by atoms with Gasteiger partial charge < -0.3 is 9.15 Å². The first-order chi connectivity index (χ1) is 10.7. The highest BCUT2D eigenvalue weighted by Gasteiger charge is 2.30. The summed E-state index contributed by atoms with van der Waals surface area (Å²) in [4.78, 5) is 26.3. The predicted molar refractivity (Wildman–Crippen MR) is 88.6 cm³/mol. The third-order valence-electron chi connectivity index (χ3n) is 3.48. The van der Waals surface area contributed by atoms with Crippen molar-refractivity contribution in [2.75, 3.05) is 6.54 Å². The van der Waals surface area contributed by atoms with E-state index in [1.165, 1.54) is 4.90 Å². The lowest BCUT2D eigenvalue weighted by molar-refractivity contribution is 0.0183. The molecule has 0 radical (unpaired) electrons. The standard InChI is InChI=1S/C18H23NO4/c1-6-19(17(21)23-18(3,4)5)12(2)16(20)15-11-13-9-7-8-10-14(13)22-15/h7-12H,6H2,1-5H3/t12-/m0/s1. The third-order valence-corrected chi connectivity index (χ3v) is 3.48. The summed E-state index contributed by atoms with van der Waals surface area (Å²) in [5, 5.41) is 0.864. The molecule has 0 aliphatic rings. The van der Waals surface area contributed by atoms with Crippen LogP contribution in [0.4, 0.5) is 4.79 Å². The molecule has 0 aliphatic carbocycles. The topological polar surface area (TPSA) is 59.8 Å². The molecule has 124 valence electrons. The zero-order valence-corrected chi connectivity index (χ0v) is 14.3. The van der Waals surface area contributed by atoms with E-state index in [1.54, 1.807) is 33.8 Å². The number of likely N-dealkylation sites (N-methyl/N-ethyl adjacent to an activating group) is 1. The van der Waals surface area contributed by atoms with Gasteiger partial charge in [-0.1, -0.05) is 18.2 Å². The zero-order chi connectivity index (χ0) is 17.2. The van der Waals surface area contributed by atoms with Crippen molar-refractivity contribution in [2.45, 2.75) is 46.3 Å². The van der Waals surface area contributed by atoms with Crippen LogP contribution in [0.25, 0.3) is 11.0 Å². The van der Waals surface area contributed by atoms with Gasteiger partial charge in [-0.3, -0.25) is 9.69 Å². The summed E-state index contributed by atoms with van der Waals surface area (Å²) in [6, 6.07) is 8.47. The van der Waals surface area contributed by atoms with Gasteiger partial charge >= 0.3 is 6.09 Å². The van der Waals surface area contributed by atoms with Crippen molar-refractivity contribution in [3.05, 3.63) is 36.1 Å². The van der Waals surface area contributed by atoms with Crippen molar-refractivity contribution in [3.63, 3.8) is 0 Å². The molecule has 0 unspecified atom stereocenters. The SMILES string of the molecule is CCN(C(=O)OC(C)(C)C)[C@@H](C)C(=O)c1cc2ccccc2o1. The number of hydrogen-bond acceptors (Lipinski definition) is 4. The minimum atomic E-state index is -0.657. The number of ketones is 1. The highest BCUT2D eigenvalue weighted by molar-refractivity contribution is 6.01. The average Bonchev–Trinajstić information content (AvgIpc) is 2.88. The Hall–Kier alpha value is -2.30. The monoisotopic (exact) mass is 317 g/mol. The predicted octanol–water partition coefficient (Wildman–Crippen LogP) is 4.26. The van der Waals surface area contributed by atoms with Gasteiger partial charge in [0.2, 0.25) is 5.78 Å². The Labute approximate surface area is 136 Å². The maximum Gasteiger partial charge on any atom is 0.410 e. The van der Waals surface area contributed by atoms with Crippen molar-refractivity contribution < 1.29 is 18.7 Å². The first-order valence-electron chi connectivity index (χ1n) is 7.75. The molecule has 1 amide bonds. The van der Waals surface area contributed by atoms with Gasteiger partial charge in [-0.25, -0.2) is 4.79 Å². The lowest BCUT2D eigenvalue weighted by atomic mass is 10.1. The first kappa shape index (κ1) is 17.1. The van der Waals surface area contributed by atoms with Gasteiger partial charge in [0.15, 0.2) is 5.76 Å². The number of nitrogens with zero attached hydrogens (tertiary/aromatic N) is 1. The Kier molecular flexibility index (Phi) is 4.78. The fourth-order valence-corrected chi connectivity index (χ4v) is 2.33. The molecule has 0 aliphatic heterocycles. The molecule has 1 heterocycles. The fraction of sp³-hybridized carbons (Fsp3) is 0.444. The molecule has 0 spiro atoms. The number of para-hydroxylation sites is 1. The first-order valence-corrected chi connectivity index (χ1v) is 7.75. The second-order valence-corrected chi connectivity index (χ2v) is 6.46. The Morgan fingerprint density at radius 3 is 2.48 bits per heavy atom. The molecule has 0 N–H and O–H groups in total. The van der Waals surface area contributed by atoms with Crippen LogP contribution in [-0.4, -0.2) is 35.0 Å². The van der Waals surface area contributed by atoms with E-state index in [-0.39, 0.29) is 11.5 Å². The van der Waals surface area contributed by atoms with Gasteiger partial charge in [-0.15, -0.1) is 0 Å². The molecule has 0 saturated carbocycles. The van der Waals surface area contributed by atoms with Crippen molar-refractivity contribution in [1.82, 2.24) is 4.90 Å². The molecule has 1 atom stereocenters. The molecule has 2 rings (SSSR count). The summed E-state index contributed by atoms with van der Waals surface area (Å²) in [5.41, 5.74) is 0.0514. The van der Waals surface area contributed by atoms with Crippen molar-refractivity contribution in [1.29, 1.82) is 0 Å². The van der Waals surface area contributed by atoms with E-state index >= 15 is 0 Å². The van der Waals surface area contributed by atoms with Gasteiger partial charge in [0.25, 0.3) is 0 Å². The molecule has 0 saturated heterocycles. The van der Waals surface area contributed by atoms with E-state index in [2.05, 4.69) is 0 Å². The lowest BCUT2D eigenvalue weighted by Crippen LogP contribution is -2.45. The molecule has 5 nitrogen and oxygen atoms in total. The Morgan fingerprint density at radius 2 is 1.91 bits per heavy atom. The molecule has 5 heteroatoms. The zero-order valence-electron chi connectivity index (χ0n) is 14.3. The van der Waals surface area contributed by atoms with Crippen LogP contribution in [0.5, 0.6) is 0 Å². The van der Waals surface area contributed by atoms with Gasteiger partial charge in [0.1, 0.15) is 11.2 Å². The van der Waals surface area contributed by atoms with Crippen LogP contribution in [0, 0.1) is 0 Å². The summed E-state index contributed by atoms with van der Waals surface area (Å²) in [6.45, 7) is 9.26. The van der Waals surface area contributed by atoms with E-state index in [1.807, 2.05) is 31.2 Å². The van der Waals surface area contributed by atoms with Gasteiger partial charge in [0, 0.05) is 11.9 Å². The maximum atomic E-state index is 12.6. The van der Waals surface area contributed by atoms with Crippen LogP contribution >= 0.6 is 0 Å². The number of carbonyl (C=O) groups excluding carboxylic acids is 2. The Balaban J connectivity index is 2.20. The summed E-state index contributed by atoms with van der Waals surface area (Å²) < 4.78 is 11.0. The van der Waals surface area contributed by atoms with Crippen LogP contribution in [0.15, 0.2) is 34.7 Å². The summed E-state index contributed by atoms with van der Waals surface area (Å²) >= 11 is 0. The molecule has 1 aromatic heterocycles. The number of benzene rings is 1. The Morgan fingerprint density at radius 1 is 1.26 bits per heavy atom. The highest BCUT2D eigenvalue weighted by Crippen LogP contribution is 2.21. The van der Waals surface area contributed by atoms with E-state index in [4.69, 9.17) is 9.15 Å². The molecule has 0 bridgehead atoms. The lowest BCUT2D eigenvalue weighted by Gasteiger charge is -2.29. The normalized spacial score (nSPS) is 12.9.